The van der Waals surface area contributed by atoms with E-state index in [0.717, 1.165) is 0 Å². The summed E-state index contributed by atoms with van der Waals surface area (Å²) in [4.78, 5) is 0. The Balaban J connectivity index is 2.73. The molecule has 0 aliphatic carbocycles. The van der Waals surface area contributed by atoms with Gasteiger partial charge in [0.1, 0.15) is 0 Å². The van der Waals surface area contributed by atoms with Crippen LogP contribution in [0.15, 0.2) is 30.3 Å². The number of allylic oxidation sites excluding steroid dienone is 1. The molecule has 0 bridgehead atoms. The number of hydrogen-bond acceptors (Lipinski definition) is 0. The second-order valence-corrected chi connectivity index (χ2v) is 2.66. The van der Waals surface area contributed by atoms with Crippen LogP contribution in [0.25, 0.3) is 6.08 Å². The molecule has 0 aliphatic rings. The van der Waals surface area contributed by atoms with Crippen molar-refractivity contribution in [1.29, 1.82) is 0 Å². The van der Waals surface area contributed by atoms with E-state index in [1.165, 1.54) is 30.3 Å². The van der Waals surface area contributed by atoms with Crippen molar-refractivity contribution in [3.05, 3.63) is 41.5 Å². The molecular weight excluding hydrogens is 196 g/mol. The fraction of sp³-hybridized carbons (Fsp3) is 0.200. The van der Waals surface area contributed by atoms with Gasteiger partial charge in [-0.25, -0.2) is 17.6 Å². The molecule has 0 amide bonds. The van der Waals surface area contributed by atoms with Gasteiger partial charge < -0.3 is 0 Å². The summed E-state index contributed by atoms with van der Waals surface area (Å²) in [6, 6.07) is 5.19. The Morgan fingerprint density at radius 2 is 1.50 bits per heavy atom. The van der Waals surface area contributed by atoms with Crippen LogP contribution in [0.1, 0.15) is 17.6 Å². The maximum atomic E-state index is 12.1. The molecule has 0 saturated carbocycles. The number of rotatable bonds is 3. The number of alkyl halides is 4. The van der Waals surface area contributed by atoms with Crippen molar-refractivity contribution < 1.29 is 17.6 Å². The molecule has 0 nitrogen and oxygen atoms in total. The molecule has 76 valence electrons. The summed E-state index contributed by atoms with van der Waals surface area (Å²) in [7, 11) is 0. The van der Waals surface area contributed by atoms with E-state index >= 15 is 0 Å². The fourth-order valence-electron chi connectivity index (χ4n) is 0.936. The molecule has 0 aliphatic heterocycles. The zero-order chi connectivity index (χ0) is 10.6. The van der Waals surface area contributed by atoms with Gasteiger partial charge >= 0.3 is 0 Å². The molecule has 1 aromatic carbocycles. The maximum absolute atomic E-state index is 12.1. The van der Waals surface area contributed by atoms with Crippen LogP contribution in [0.3, 0.4) is 0 Å². The summed E-state index contributed by atoms with van der Waals surface area (Å²) in [6.07, 6.45) is -3.15. The first-order valence-corrected chi connectivity index (χ1v) is 3.94. The summed E-state index contributed by atoms with van der Waals surface area (Å²) in [5.41, 5.74) is 0.369. The van der Waals surface area contributed by atoms with Crippen LogP contribution in [-0.4, -0.2) is 6.43 Å². The highest BCUT2D eigenvalue weighted by Crippen LogP contribution is 2.19. The van der Waals surface area contributed by atoms with Gasteiger partial charge in [-0.05, 0) is 11.6 Å². The van der Waals surface area contributed by atoms with Crippen LogP contribution in [0.5, 0.6) is 0 Å². The van der Waals surface area contributed by atoms with E-state index in [9.17, 15) is 17.6 Å². The Bertz CT molecular complexity index is 300. The number of hydrogen-bond donors (Lipinski definition) is 0. The lowest BCUT2D eigenvalue weighted by atomic mass is 10.1. The predicted molar refractivity (Wildman–Crippen MR) is 46.4 cm³/mol. The second kappa shape index (κ2) is 4.79. The number of benzene rings is 1. The highest BCUT2D eigenvalue weighted by molar-refractivity contribution is 5.50. The fourth-order valence-corrected chi connectivity index (χ4v) is 0.936. The zero-order valence-corrected chi connectivity index (χ0v) is 7.13. The first-order chi connectivity index (χ1) is 6.59. The van der Waals surface area contributed by atoms with Gasteiger partial charge in [-0.15, -0.1) is 0 Å². The second-order valence-electron chi connectivity index (χ2n) is 2.66. The van der Waals surface area contributed by atoms with Crippen LogP contribution in [0.2, 0.25) is 0 Å². The molecule has 1 rings (SSSR count). The molecule has 0 N–H and O–H groups in total. The number of halogens is 4. The highest BCUT2D eigenvalue weighted by atomic mass is 19.3. The SMILES string of the molecule is FC(F)C=Cc1ccc(C(F)F)cc1. The highest BCUT2D eigenvalue weighted by Gasteiger charge is 2.04. The van der Waals surface area contributed by atoms with E-state index in [4.69, 9.17) is 0 Å². The molecule has 0 unspecified atom stereocenters. The Morgan fingerprint density at radius 3 is 1.93 bits per heavy atom. The van der Waals surface area contributed by atoms with E-state index in [1.807, 2.05) is 0 Å². The van der Waals surface area contributed by atoms with E-state index in [0.29, 0.717) is 11.6 Å². The average molecular weight is 204 g/mol. The van der Waals surface area contributed by atoms with Gasteiger partial charge in [-0.1, -0.05) is 30.3 Å². The van der Waals surface area contributed by atoms with Crippen LogP contribution in [0.4, 0.5) is 17.6 Å². The smallest absolute Gasteiger partial charge is 0.206 e. The van der Waals surface area contributed by atoms with Crippen LogP contribution in [0, 0.1) is 0 Å². The van der Waals surface area contributed by atoms with E-state index < -0.39 is 12.9 Å². The largest absolute Gasteiger partial charge is 0.263 e. The predicted octanol–water partition coefficient (Wildman–Crippen LogP) is 3.90. The minimum absolute atomic E-state index is 0.112. The van der Waals surface area contributed by atoms with Crippen molar-refractivity contribution in [2.45, 2.75) is 12.9 Å². The summed E-state index contributed by atoms with van der Waals surface area (Å²) in [6.45, 7) is 0. The normalized spacial score (nSPS) is 11.9. The van der Waals surface area contributed by atoms with Crippen molar-refractivity contribution in [2.75, 3.05) is 0 Å². The zero-order valence-electron chi connectivity index (χ0n) is 7.13. The average Bonchev–Trinajstić information content (AvgIpc) is 2.15. The quantitative estimate of drug-likeness (QED) is 0.655. The first kappa shape index (κ1) is 10.8. The van der Waals surface area contributed by atoms with Crippen molar-refractivity contribution in [2.24, 2.45) is 0 Å². The summed E-state index contributed by atoms with van der Waals surface area (Å²) >= 11 is 0. The molecule has 0 radical (unpaired) electrons. The standard InChI is InChI=1S/C10H8F4/c11-9(12)6-3-7-1-4-8(5-2-7)10(13)14/h1-6,9-10H. The Hall–Kier alpha value is -1.32. The Morgan fingerprint density at radius 1 is 0.929 bits per heavy atom. The van der Waals surface area contributed by atoms with Crippen LogP contribution < -0.4 is 0 Å². The third-order valence-electron chi connectivity index (χ3n) is 1.62. The molecule has 0 heterocycles. The third kappa shape index (κ3) is 3.20. The van der Waals surface area contributed by atoms with Crippen molar-refractivity contribution in [3.63, 3.8) is 0 Å². The third-order valence-corrected chi connectivity index (χ3v) is 1.62. The molecule has 0 atom stereocenters. The summed E-state index contributed by atoms with van der Waals surface area (Å²) in [5, 5.41) is 0. The monoisotopic (exact) mass is 204 g/mol. The first-order valence-electron chi connectivity index (χ1n) is 3.94. The lowest BCUT2D eigenvalue weighted by Crippen LogP contribution is -1.84. The molecule has 0 spiro atoms. The molecule has 4 heteroatoms. The van der Waals surface area contributed by atoms with Crippen molar-refractivity contribution in [3.8, 4) is 0 Å². The van der Waals surface area contributed by atoms with Crippen LogP contribution >= 0.6 is 0 Å². The molecule has 0 aromatic heterocycles. The topological polar surface area (TPSA) is 0 Å². The van der Waals surface area contributed by atoms with Gasteiger partial charge in [0.25, 0.3) is 12.9 Å². The van der Waals surface area contributed by atoms with Gasteiger partial charge in [0.15, 0.2) is 0 Å². The minimum atomic E-state index is -2.52. The van der Waals surface area contributed by atoms with E-state index in [-0.39, 0.29) is 5.56 Å². The Kier molecular flexibility index (Phi) is 3.68. The van der Waals surface area contributed by atoms with Gasteiger partial charge in [-0.2, -0.15) is 0 Å². The molecule has 0 saturated heterocycles. The minimum Gasteiger partial charge on any atom is -0.206 e. The lowest BCUT2D eigenvalue weighted by molar-refractivity contribution is 0.151. The molecule has 14 heavy (non-hydrogen) atoms. The van der Waals surface area contributed by atoms with Gasteiger partial charge in [0.05, 0.1) is 0 Å². The molecular formula is C10H8F4. The molecule has 1 aromatic rings. The maximum Gasteiger partial charge on any atom is 0.263 e. The van der Waals surface area contributed by atoms with Gasteiger partial charge in [0, 0.05) is 5.56 Å². The van der Waals surface area contributed by atoms with Gasteiger partial charge in [-0.3, -0.25) is 0 Å². The Labute approximate surface area is 78.9 Å². The molecule has 0 fully saturated rings. The van der Waals surface area contributed by atoms with E-state index in [2.05, 4.69) is 0 Å². The summed E-state index contributed by atoms with van der Waals surface area (Å²) in [5.74, 6) is 0. The van der Waals surface area contributed by atoms with Crippen molar-refractivity contribution in [1.82, 2.24) is 0 Å². The van der Waals surface area contributed by atoms with Gasteiger partial charge in [0.2, 0.25) is 0 Å². The van der Waals surface area contributed by atoms with Crippen LogP contribution in [-0.2, 0) is 0 Å². The van der Waals surface area contributed by atoms with Crippen molar-refractivity contribution >= 4 is 6.08 Å². The lowest BCUT2D eigenvalue weighted by Gasteiger charge is -1.99. The summed E-state index contributed by atoms with van der Waals surface area (Å²) < 4.78 is 47.6. The van der Waals surface area contributed by atoms with E-state index in [1.54, 1.807) is 0 Å².